The Bertz CT molecular complexity index is 613. The average Bonchev–Trinajstić information content (AvgIpc) is 3.02. The number of hydrogen-bond acceptors (Lipinski definition) is 6. The van der Waals surface area contributed by atoms with E-state index in [2.05, 4.69) is 25.6 Å². The van der Waals surface area contributed by atoms with E-state index in [1.165, 1.54) is 12.8 Å². The predicted molar refractivity (Wildman–Crippen MR) is 92.4 cm³/mol. The fraction of sp³-hybridized carbons (Fsp3) is 0.706. The van der Waals surface area contributed by atoms with E-state index in [9.17, 15) is 9.50 Å². The molecule has 0 aromatic carbocycles. The third kappa shape index (κ3) is 4.01. The van der Waals surface area contributed by atoms with Crippen molar-refractivity contribution in [2.45, 2.75) is 77.0 Å². The maximum absolute atomic E-state index is 14.3. The van der Waals surface area contributed by atoms with Crippen molar-refractivity contribution < 1.29 is 9.50 Å². The van der Waals surface area contributed by atoms with E-state index in [-0.39, 0.29) is 6.04 Å². The van der Waals surface area contributed by atoms with Gasteiger partial charge >= 0.3 is 0 Å². The van der Waals surface area contributed by atoms with Crippen molar-refractivity contribution in [1.82, 2.24) is 15.0 Å². The van der Waals surface area contributed by atoms with E-state index < -0.39 is 11.9 Å². The number of halogens is 1. The fourth-order valence-corrected chi connectivity index (χ4v) is 3.29. The number of nitrogens with zero attached hydrogens (tertiary/aromatic N) is 3. The van der Waals surface area contributed by atoms with Gasteiger partial charge in [0.25, 0.3) is 0 Å². The van der Waals surface area contributed by atoms with Gasteiger partial charge in [0.15, 0.2) is 5.82 Å². The van der Waals surface area contributed by atoms with Crippen LogP contribution >= 0.6 is 0 Å². The molecule has 0 radical (unpaired) electrons. The van der Waals surface area contributed by atoms with Gasteiger partial charge in [0.05, 0.1) is 0 Å². The molecular weight excluding hydrogens is 309 g/mol. The molecule has 0 spiro atoms. The number of anilines is 2. The minimum Gasteiger partial charge on any atom is -0.386 e. The summed E-state index contributed by atoms with van der Waals surface area (Å²) in [6, 6.07) is 0.526. The van der Waals surface area contributed by atoms with Crippen molar-refractivity contribution in [1.29, 1.82) is 0 Å². The van der Waals surface area contributed by atoms with Gasteiger partial charge in [0.1, 0.15) is 11.9 Å². The molecular formula is C17H26FN5O. The van der Waals surface area contributed by atoms with Crippen LogP contribution in [-0.4, -0.2) is 38.2 Å². The highest BCUT2D eigenvalue weighted by atomic mass is 19.1. The SMILES string of the molecule is CC(C)Nc1nc(NC2CCCC2)nc(C2=C(F)C(O)CCC2)n1. The van der Waals surface area contributed by atoms with Crippen molar-refractivity contribution in [3.8, 4) is 0 Å². The lowest BCUT2D eigenvalue weighted by molar-refractivity contribution is 0.165. The van der Waals surface area contributed by atoms with Crippen LogP contribution in [0.25, 0.3) is 5.57 Å². The highest BCUT2D eigenvalue weighted by Gasteiger charge is 2.25. The Morgan fingerprint density at radius 3 is 2.46 bits per heavy atom. The monoisotopic (exact) mass is 335 g/mol. The first-order valence-corrected chi connectivity index (χ1v) is 8.89. The largest absolute Gasteiger partial charge is 0.386 e. The number of allylic oxidation sites excluding steroid dienone is 1. The number of rotatable bonds is 5. The second-order valence-electron chi connectivity index (χ2n) is 6.97. The first-order valence-electron chi connectivity index (χ1n) is 8.89. The minimum atomic E-state index is -1.04. The molecule has 0 saturated heterocycles. The van der Waals surface area contributed by atoms with Crippen LogP contribution in [0.3, 0.4) is 0 Å². The molecule has 2 aliphatic carbocycles. The normalized spacial score (nSPS) is 22.3. The summed E-state index contributed by atoms with van der Waals surface area (Å²) in [4.78, 5) is 13.2. The summed E-state index contributed by atoms with van der Waals surface area (Å²) in [6.45, 7) is 4.00. The minimum absolute atomic E-state index is 0.162. The molecule has 1 fully saturated rings. The van der Waals surface area contributed by atoms with Crippen molar-refractivity contribution in [2.75, 3.05) is 10.6 Å². The second-order valence-corrected chi connectivity index (χ2v) is 6.97. The van der Waals surface area contributed by atoms with E-state index >= 15 is 0 Å². The first-order chi connectivity index (χ1) is 11.5. The molecule has 1 unspecified atom stereocenters. The molecule has 132 valence electrons. The fourth-order valence-electron chi connectivity index (χ4n) is 3.29. The lowest BCUT2D eigenvalue weighted by Gasteiger charge is -2.20. The first kappa shape index (κ1) is 17.1. The van der Waals surface area contributed by atoms with Crippen LogP contribution in [0.15, 0.2) is 5.83 Å². The Morgan fingerprint density at radius 2 is 1.75 bits per heavy atom. The van der Waals surface area contributed by atoms with E-state index in [4.69, 9.17) is 0 Å². The molecule has 1 saturated carbocycles. The number of hydrogen-bond donors (Lipinski definition) is 3. The Morgan fingerprint density at radius 1 is 1.04 bits per heavy atom. The highest BCUT2D eigenvalue weighted by molar-refractivity contribution is 5.65. The number of aromatic nitrogens is 3. The molecule has 24 heavy (non-hydrogen) atoms. The van der Waals surface area contributed by atoms with Crippen molar-refractivity contribution in [2.24, 2.45) is 0 Å². The summed E-state index contributed by atoms with van der Waals surface area (Å²) in [5.74, 6) is 0.742. The van der Waals surface area contributed by atoms with Crippen LogP contribution in [0.4, 0.5) is 16.3 Å². The van der Waals surface area contributed by atoms with Crippen molar-refractivity contribution >= 4 is 17.5 Å². The van der Waals surface area contributed by atoms with E-state index in [0.29, 0.717) is 42.2 Å². The molecule has 3 rings (SSSR count). The number of aliphatic hydroxyl groups is 1. The Labute approximate surface area is 142 Å². The maximum atomic E-state index is 14.3. The number of nitrogens with one attached hydrogen (secondary N) is 2. The Balaban J connectivity index is 1.93. The van der Waals surface area contributed by atoms with Gasteiger partial charge < -0.3 is 15.7 Å². The second kappa shape index (κ2) is 7.42. The smallest absolute Gasteiger partial charge is 0.228 e. The zero-order chi connectivity index (χ0) is 17.1. The van der Waals surface area contributed by atoms with Gasteiger partial charge in [-0.2, -0.15) is 15.0 Å². The van der Waals surface area contributed by atoms with Gasteiger partial charge in [-0.15, -0.1) is 0 Å². The molecule has 7 heteroatoms. The lowest BCUT2D eigenvalue weighted by Crippen LogP contribution is -2.21. The summed E-state index contributed by atoms with van der Waals surface area (Å²) in [6.07, 6.45) is 5.29. The molecule has 1 atom stereocenters. The van der Waals surface area contributed by atoms with Crippen LogP contribution in [0.5, 0.6) is 0 Å². The third-order valence-electron chi connectivity index (χ3n) is 4.50. The Hall–Kier alpha value is -1.76. The zero-order valence-corrected chi connectivity index (χ0v) is 14.3. The van der Waals surface area contributed by atoms with Crippen LogP contribution in [-0.2, 0) is 0 Å². The quantitative estimate of drug-likeness (QED) is 0.766. The van der Waals surface area contributed by atoms with E-state index in [0.717, 1.165) is 19.3 Å². The van der Waals surface area contributed by atoms with Gasteiger partial charge in [-0.25, -0.2) is 4.39 Å². The molecule has 0 amide bonds. The summed E-state index contributed by atoms with van der Waals surface area (Å²) in [7, 11) is 0. The molecule has 2 aliphatic rings. The summed E-state index contributed by atoms with van der Waals surface area (Å²) in [5, 5.41) is 16.3. The topological polar surface area (TPSA) is 83.0 Å². The van der Waals surface area contributed by atoms with Gasteiger partial charge in [-0.1, -0.05) is 12.8 Å². The highest BCUT2D eigenvalue weighted by Crippen LogP contribution is 2.32. The third-order valence-corrected chi connectivity index (χ3v) is 4.50. The summed E-state index contributed by atoms with van der Waals surface area (Å²) >= 11 is 0. The molecule has 0 aliphatic heterocycles. The van der Waals surface area contributed by atoms with Gasteiger partial charge in [-0.05, 0) is 46.0 Å². The molecule has 1 aromatic rings. The molecule has 0 bridgehead atoms. The Kier molecular flexibility index (Phi) is 5.28. The summed E-state index contributed by atoms with van der Waals surface area (Å²) < 4.78 is 14.3. The maximum Gasteiger partial charge on any atom is 0.228 e. The van der Waals surface area contributed by atoms with Gasteiger partial charge in [0, 0.05) is 17.7 Å². The molecule has 6 nitrogen and oxygen atoms in total. The average molecular weight is 335 g/mol. The predicted octanol–water partition coefficient (Wildman–Crippen LogP) is 3.27. The standard InChI is InChI=1S/C17H26FN5O/c1-10(2)19-16-21-15(12-8-5-9-13(24)14(12)18)22-17(23-16)20-11-6-3-4-7-11/h10-11,13,24H,3-9H2,1-2H3,(H2,19,20,21,22,23). The van der Waals surface area contributed by atoms with Crippen LogP contribution in [0, 0.1) is 0 Å². The van der Waals surface area contributed by atoms with Crippen LogP contribution in [0.2, 0.25) is 0 Å². The van der Waals surface area contributed by atoms with Crippen LogP contribution in [0.1, 0.15) is 64.6 Å². The summed E-state index contributed by atoms with van der Waals surface area (Å²) in [5.41, 5.74) is 0.400. The van der Waals surface area contributed by atoms with E-state index in [1.807, 2.05) is 13.8 Å². The van der Waals surface area contributed by atoms with Crippen molar-refractivity contribution in [3.63, 3.8) is 0 Å². The van der Waals surface area contributed by atoms with Crippen LogP contribution < -0.4 is 10.6 Å². The van der Waals surface area contributed by atoms with Gasteiger partial charge in [-0.3, -0.25) is 0 Å². The van der Waals surface area contributed by atoms with Gasteiger partial charge in [0.2, 0.25) is 11.9 Å². The zero-order valence-electron chi connectivity index (χ0n) is 14.3. The number of aliphatic hydroxyl groups excluding tert-OH is 1. The molecule has 1 heterocycles. The van der Waals surface area contributed by atoms with E-state index in [1.54, 1.807) is 0 Å². The van der Waals surface area contributed by atoms with Crippen molar-refractivity contribution in [3.05, 3.63) is 11.7 Å². The molecule has 1 aromatic heterocycles. The molecule has 3 N–H and O–H groups in total. The lowest BCUT2D eigenvalue weighted by atomic mass is 9.96.